The lowest BCUT2D eigenvalue weighted by Crippen LogP contribution is -1.95. The van der Waals surface area contributed by atoms with Crippen molar-refractivity contribution in [2.45, 2.75) is 0 Å². The van der Waals surface area contributed by atoms with Gasteiger partial charge in [-0.05, 0) is 70.8 Å². The third-order valence-corrected chi connectivity index (χ3v) is 8.92. The SMILES string of the molecule is c1ccc(-c2ccc(-n3c4ccccc4c4c5c6ccc(-c7ccccc7)cc6n(-c6ccccc6)c5ccc43)cc2)cc1. The average molecular weight is 561 g/mol. The van der Waals surface area contributed by atoms with Gasteiger partial charge in [0.25, 0.3) is 0 Å². The molecule has 0 N–H and O–H groups in total. The molecule has 2 aromatic heterocycles. The molecule has 0 atom stereocenters. The summed E-state index contributed by atoms with van der Waals surface area (Å²) in [7, 11) is 0. The van der Waals surface area contributed by atoms with Gasteiger partial charge in [0.15, 0.2) is 0 Å². The fourth-order valence-corrected chi connectivity index (χ4v) is 6.94. The first-order chi connectivity index (χ1) is 21.8. The average Bonchev–Trinajstić information content (AvgIpc) is 3.62. The van der Waals surface area contributed by atoms with E-state index in [1.165, 1.54) is 65.9 Å². The summed E-state index contributed by atoms with van der Waals surface area (Å²) >= 11 is 0. The maximum Gasteiger partial charge on any atom is 0.0548 e. The molecule has 0 aliphatic rings. The molecule has 0 amide bonds. The highest BCUT2D eigenvalue weighted by Gasteiger charge is 2.20. The van der Waals surface area contributed by atoms with Crippen LogP contribution in [0.4, 0.5) is 0 Å². The summed E-state index contributed by atoms with van der Waals surface area (Å²) in [5.74, 6) is 0. The van der Waals surface area contributed by atoms with Gasteiger partial charge in [-0.25, -0.2) is 0 Å². The Morgan fingerprint density at radius 1 is 0.273 bits per heavy atom. The van der Waals surface area contributed by atoms with Gasteiger partial charge < -0.3 is 9.13 Å². The molecule has 9 rings (SSSR count). The topological polar surface area (TPSA) is 9.86 Å². The zero-order chi connectivity index (χ0) is 29.0. The molecule has 0 radical (unpaired) electrons. The summed E-state index contributed by atoms with van der Waals surface area (Å²) in [5.41, 5.74) is 12.1. The quantitative estimate of drug-likeness (QED) is 0.203. The lowest BCUT2D eigenvalue weighted by molar-refractivity contribution is 1.17. The maximum atomic E-state index is 2.43. The Morgan fingerprint density at radius 2 is 0.727 bits per heavy atom. The minimum Gasteiger partial charge on any atom is -0.309 e. The molecule has 0 aliphatic heterocycles. The van der Waals surface area contributed by atoms with Crippen molar-refractivity contribution < 1.29 is 0 Å². The molecule has 0 bridgehead atoms. The Balaban J connectivity index is 1.36. The van der Waals surface area contributed by atoms with E-state index in [-0.39, 0.29) is 0 Å². The number of hydrogen-bond donors (Lipinski definition) is 0. The zero-order valence-electron chi connectivity index (χ0n) is 24.1. The van der Waals surface area contributed by atoms with Gasteiger partial charge in [-0.2, -0.15) is 0 Å². The van der Waals surface area contributed by atoms with Crippen LogP contribution in [-0.4, -0.2) is 9.13 Å². The largest absolute Gasteiger partial charge is 0.309 e. The van der Waals surface area contributed by atoms with Crippen LogP contribution >= 0.6 is 0 Å². The van der Waals surface area contributed by atoms with E-state index in [4.69, 9.17) is 0 Å². The smallest absolute Gasteiger partial charge is 0.0548 e. The van der Waals surface area contributed by atoms with Crippen molar-refractivity contribution in [1.82, 2.24) is 9.13 Å². The van der Waals surface area contributed by atoms with E-state index in [9.17, 15) is 0 Å². The predicted molar refractivity (Wildman–Crippen MR) is 186 cm³/mol. The van der Waals surface area contributed by atoms with Gasteiger partial charge in [0, 0.05) is 32.9 Å². The van der Waals surface area contributed by atoms with Gasteiger partial charge in [-0.1, -0.05) is 121 Å². The Kier molecular flexibility index (Phi) is 5.54. The summed E-state index contributed by atoms with van der Waals surface area (Å²) in [4.78, 5) is 0. The molecule has 2 heteroatoms. The van der Waals surface area contributed by atoms with Crippen LogP contribution in [0.1, 0.15) is 0 Å². The highest BCUT2D eigenvalue weighted by molar-refractivity contribution is 6.29. The molecule has 0 spiro atoms. The first-order valence-corrected chi connectivity index (χ1v) is 15.1. The number of hydrogen-bond acceptors (Lipinski definition) is 0. The van der Waals surface area contributed by atoms with Crippen molar-refractivity contribution in [3.63, 3.8) is 0 Å². The number of para-hydroxylation sites is 2. The van der Waals surface area contributed by atoms with E-state index < -0.39 is 0 Å². The van der Waals surface area contributed by atoms with Crippen molar-refractivity contribution in [3.05, 3.63) is 170 Å². The first kappa shape index (κ1) is 24.7. The van der Waals surface area contributed by atoms with Gasteiger partial charge in [0.05, 0.1) is 22.1 Å². The molecule has 0 aliphatic carbocycles. The lowest BCUT2D eigenvalue weighted by atomic mass is 10.0. The number of aromatic nitrogens is 2. The fourth-order valence-electron chi connectivity index (χ4n) is 6.94. The second-order valence-corrected chi connectivity index (χ2v) is 11.4. The third kappa shape index (κ3) is 3.75. The molecular formula is C42H28N2. The number of fused-ring (bicyclic) bond motifs is 7. The van der Waals surface area contributed by atoms with E-state index in [1.54, 1.807) is 0 Å². The normalized spacial score (nSPS) is 11.6. The van der Waals surface area contributed by atoms with Crippen molar-refractivity contribution in [2.75, 3.05) is 0 Å². The standard InChI is InChI=1S/C42H28N2/c1-4-12-29(13-5-1)31-20-23-34(24-21-31)43-37-19-11-10-18-35(37)41-38(43)26-27-39-42(41)36-25-22-32(30-14-6-2-7-15-30)28-40(36)44(39)33-16-8-3-9-17-33/h1-28H. The molecule has 206 valence electrons. The van der Waals surface area contributed by atoms with Gasteiger partial charge in [0.2, 0.25) is 0 Å². The summed E-state index contributed by atoms with van der Waals surface area (Å²) in [6.45, 7) is 0. The molecule has 7 aromatic carbocycles. The summed E-state index contributed by atoms with van der Waals surface area (Å²) < 4.78 is 4.85. The van der Waals surface area contributed by atoms with Crippen molar-refractivity contribution in [1.29, 1.82) is 0 Å². The zero-order valence-corrected chi connectivity index (χ0v) is 24.1. The Morgan fingerprint density at radius 3 is 1.39 bits per heavy atom. The molecule has 0 saturated heterocycles. The maximum absolute atomic E-state index is 2.43. The predicted octanol–water partition coefficient (Wildman–Crippen LogP) is 11.2. The third-order valence-electron chi connectivity index (χ3n) is 8.92. The molecule has 0 saturated carbocycles. The van der Waals surface area contributed by atoms with Gasteiger partial charge >= 0.3 is 0 Å². The second-order valence-electron chi connectivity index (χ2n) is 11.4. The van der Waals surface area contributed by atoms with Crippen molar-refractivity contribution in [3.8, 4) is 33.6 Å². The highest BCUT2D eigenvalue weighted by Crippen LogP contribution is 2.43. The van der Waals surface area contributed by atoms with Crippen LogP contribution in [-0.2, 0) is 0 Å². The van der Waals surface area contributed by atoms with E-state index in [2.05, 4.69) is 179 Å². The molecule has 44 heavy (non-hydrogen) atoms. The fraction of sp³-hybridized carbons (Fsp3) is 0. The molecule has 9 aromatic rings. The van der Waals surface area contributed by atoms with Crippen LogP contribution in [0, 0.1) is 0 Å². The number of rotatable bonds is 4. The number of nitrogens with zero attached hydrogens (tertiary/aromatic N) is 2. The van der Waals surface area contributed by atoms with Crippen molar-refractivity contribution >= 4 is 43.6 Å². The second kappa shape index (κ2) is 9.86. The Hall–Kier alpha value is -5.86. The molecule has 2 heterocycles. The summed E-state index contributed by atoms with van der Waals surface area (Å²) in [5, 5.41) is 5.10. The molecular weight excluding hydrogens is 532 g/mol. The monoisotopic (exact) mass is 560 g/mol. The number of benzene rings is 7. The van der Waals surface area contributed by atoms with Crippen LogP contribution in [0.2, 0.25) is 0 Å². The summed E-state index contributed by atoms with van der Waals surface area (Å²) in [6.07, 6.45) is 0. The van der Waals surface area contributed by atoms with E-state index in [0.717, 1.165) is 11.4 Å². The highest BCUT2D eigenvalue weighted by atomic mass is 15.0. The Bertz CT molecular complexity index is 2450. The minimum absolute atomic E-state index is 1.16. The minimum atomic E-state index is 1.16. The van der Waals surface area contributed by atoms with Crippen LogP contribution in [0.25, 0.3) is 77.2 Å². The first-order valence-electron chi connectivity index (χ1n) is 15.1. The van der Waals surface area contributed by atoms with Gasteiger partial charge in [0.1, 0.15) is 0 Å². The Labute approximate surface area is 255 Å². The van der Waals surface area contributed by atoms with E-state index >= 15 is 0 Å². The van der Waals surface area contributed by atoms with E-state index in [1.807, 2.05) is 0 Å². The van der Waals surface area contributed by atoms with Crippen LogP contribution in [0.15, 0.2) is 170 Å². The van der Waals surface area contributed by atoms with E-state index in [0.29, 0.717) is 0 Å². The van der Waals surface area contributed by atoms with Crippen LogP contribution in [0.3, 0.4) is 0 Å². The molecule has 2 nitrogen and oxygen atoms in total. The van der Waals surface area contributed by atoms with Gasteiger partial charge in [-0.3, -0.25) is 0 Å². The lowest BCUT2D eigenvalue weighted by Gasteiger charge is -2.10. The summed E-state index contributed by atoms with van der Waals surface area (Å²) in [6, 6.07) is 61.3. The molecule has 0 unspecified atom stereocenters. The molecule has 0 fully saturated rings. The van der Waals surface area contributed by atoms with Gasteiger partial charge in [-0.15, -0.1) is 0 Å². The van der Waals surface area contributed by atoms with Crippen molar-refractivity contribution in [2.24, 2.45) is 0 Å². The van der Waals surface area contributed by atoms with Crippen LogP contribution in [0.5, 0.6) is 0 Å². The van der Waals surface area contributed by atoms with Crippen LogP contribution < -0.4 is 0 Å².